The fourth-order valence-electron chi connectivity index (χ4n) is 4.12. The molecule has 1 N–H and O–H groups in total. The Bertz CT molecular complexity index is 241. The summed E-state index contributed by atoms with van der Waals surface area (Å²) >= 11 is 0. The van der Waals surface area contributed by atoms with Crippen molar-refractivity contribution >= 4 is 0 Å². The predicted molar refractivity (Wildman–Crippen MR) is 65.9 cm³/mol. The third kappa shape index (κ3) is 1.63. The van der Waals surface area contributed by atoms with E-state index in [0.717, 1.165) is 12.0 Å². The molecule has 0 aliphatic heterocycles. The van der Waals surface area contributed by atoms with Gasteiger partial charge in [0, 0.05) is 12.1 Å². The summed E-state index contributed by atoms with van der Waals surface area (Å²) < 4.78 is 0. The molecule has 2 rings (SSSR count). The summed E-state index contributed by atoms with van der Waals surface area (Å²) in [6.07, 6.45) is 5.60. The lowest BCUT2D eigenvalue weighted by Gasteiger charge is -2.44. The Morgan fingerprint density at radius 3 is 2.47 bits per heavy atom. The zero-order valence-electron chi connectivity index (χ0n) is 11.1. The highest BCUT2D eigenvalue weighted by molar-refractivity contribution is 5.12. The van der Waals surface area contributed by atoms with Crippen LogP contribution in [0.5, 0.6) is 0 Å². The number of fused-ring (bicyclic) bond motifs is 2. The average molecular weight is 209 g/mol. The lowest BCUT2D eigenvalue weighted by Crippen LogP contribution is -2.52. The molecule has 4 atom stereocenters. The highest BCUT2D eigenvalue weighted by Gasteiger charge is 2.59. The highest BCUT2D eigenvalue weighted by Crippen LogP contribution is 2.62. The molecule has 2 aliphatic carbocycles. The van der Waals surface area contributed by atoms with Crippen LogP contribution in [-0.2, 0) is 0 Å². The van der Waals surface area contributed by atoms with Crippen molar-refractivity contribution < 1.29 is 0 Å². The van der Waals surface area contributed by atoms with E-state index in [1.54, 1.807) is 0 Å². The van der Waals surface area contributed by atoms with Gasteiger partial charge < -0.3 is 5.32 Å². The van der Waals surface area contributed by atoms with Gasteiger partial charge in [-0.2, -0.15) is 0 Å². The molecule has 2 fully saturated rings. The van der Waals surface area contributed by atoms with Crippen molar-refractivity contribution in [3.05, 3.63) is 0 Å². The number of hydrogen-bond donors (Lipinski definition) is 1. The summed E-state index contributed by atoms with van der Waals surface area (Å²) in [5.74, 6) is 0.962. The van der Waals surface area contributed by atoms with Crippen LogP contribution < -0.4 is 5.32 Å². The smallest absolute Gasteiger partial charge is 0.0177 e. The van der Waals surface area contributed by atoms with Crippen LogP contribution in [0.4, 0.5) is 0 Å². The molecule has 0 amide bonds. The lowest BCUT2D eigenvalue weighted by atomic mass is 9.68. The van der Waals surface area contributed by atoms with Crippen LogP contribution >= 0.6 is 0 Å². The summed E-state index contributed by atoms with van der Waals surface area (Å²) in [6, 6.07) is 1.41. The zero-order valence-corrected chi connectivity index (χ0v) is 11.1. The first-order valence-electron chi connectivity index (χ1n) is 6.66. The molecule has 2 aliphatic rings. The first-order chi connectivity index (χ1) is 6.90. The van der Waals surface area contributed by atoms with E-state index in [-0.39, 0.29) is 0 Å². The first-order valence-corrected chi connectivity index (χ1v) is 6.66. The van der Waals surface area contributed by atoms with E-state index in [1.165, 1.54) is 25.7 Å². The Labute approximate surface area is 95.0 Å². The molecular weight excluding hydrogens is 182 g/mol. The van der Waals surface area contributed by atoms with Crippen LogP contribution in [0, 0.1) is 16.7 Å². The second-order valence-corrected chi connectivity index (χ2v) is 6.82. The number of nitrogens with one attached hydrogen (secondary N) is 1. The zero-order chi connectivity index (χ0) is 11.3. The number of rotatable bonds is 3. The molecule has 0 aromatic rings. The van der Waals surface area contributed by atoms with Gasteiger partial charge in [-0.05, 0) is 49.4 Å². The minimum Gasteiger partial charge on any atom is -0.310 e. The van der Waals surface area contributed by atoms with Crippen LogP contribution in [0.1, 0.15) is 60.3 Å². The monoisotopic (exact) mass is 209 g/mol. The van der Waals surface area contributed by atoms with Crippen molar-refractivity contribution in [3.8, 4) is 0 Å². The fourth-order valence-corrected chi connectivity index (χ4v) is 4.12. The quantitative estimate of drug-likeness (QED) is 0.749. The number of hydrogen-bond acceptors (Lipinski definition) is 1. The maximum Gasteiger partial charge on any atom is 0.0177 e. The fraction of sp³-hybridized carbons (Fsp3) is 1.00. The Balaban J connectivity index is 2.15. The molecule has 0 aromatic heterocycles. The van der Waals surface area contributed by atoms with E-state index in [2.05, 4.69) is 39.9 Å². The molecule has 88 valence electrons. The normalized spacial score (nSPS) is 44.6. The van der Waals surface area contributed by atoms with Crippen molar-refractivity contribution in [1.29, 1.82) is 0 Å². The van der Waals surface area contributed by atoms with Crippen LogP contribution in [-0.4, -0.2) is 12.1 Å². The standard InChI is InChI=1S/C14H27N/c1-6-10(2)15-12-13(3,4)11-7-8-14(12,5)9-11/h10-12,15H,6-9H2,1-5H3. The van der Waals surface area contributed by atoms with E-state index in [0.29, 0.717) is 16.9 Å². The summed E-state index contributed by atoms with van der Waals surface area (Å²) in [5.41, 5.74) is 1.09. The molecule has 0 aromatic carbocycles. The Kier molecular flexibility index (Phi) is 2.65. The van der Waals surface area contributed by atoms with Gasteiger partial charge >= 0.3 is 0 Å². The van der Waals surface area contributed by atoms with Gasteiger partial charge in [0.15, 0.2) is 0 Å². The summed E-state index contributed by atoms with van der Waals surface area (Å²) in [4.78, 5) is 0. The maximum absolute atomic E-state index is 3.89. The van der Waals surface area contributed by atoms with Gasteiger partial charge in [-0.25, -0.2) is 0 Å². The van der Waals surface area contributed by atoms with Crippen LogP contribution in [0.3, 0.4) is 0 Å². The SMILES string of the molecule is CCC(C)NC1C2(C)CCC(C2)C1(C)C. The van der Waals surface area contributed by atoms with E-state index in [1.807, 2.05) is 0 Å². The van der Waals surface area contributed by atoms with Gasteiger partial charge in [0.2, 0.25) is 0 Å². The van der Waals surface area contributed by atoms with Crippen molar-refractivity contribution in [2.45, 2.75) is 72.4 Å². The van der Waals surface area contributed by atoms with Gasteiger partial charge in [0.25, 0.3) is 0 Å². The molecule has 2 bridgehead atoms. The molecule has 1 heteroatoms. The average Bonchev–Trinajstić information content (AvgIpc) is 2.63. The molecule has 15 heavy (non-hydrogen) atoms. The van der Waals surface area contributed by atoms with E-state index >= 15 is 0 Å². The first kappa shape index (κ1) is 11.4. The molecule has 0 heterocycles. The third-order valence-electron chi connectivity index (χ3n) is 5.33. The Morgan fingerprint density at radius 2 is 2.00 bits per heavy atom. The largest absolute Gasteiger partial charge is 0.310 e. The molecule has 4 unspecified atom stereocenters. The molecule has 0 spiro atoms. The Hall–Kier alpha value is -0.0400. The van der Waals surface area contributed by atoms with Gasteiger partial charge in [0.05, 0.1) is 0 Å². The van der Waals surface area contributed by atoms with E-state index in [9.17, 15) is 0 Å². The minimum absolute atomic E-state index is 0.510. The molecule has 0 saturated heterocycles. The van der Waals surface area contributed by atoms with Crippen molar-refractivity contribution in [2.24, 2.45) is 16.7 Å². The van der Waals surface area contributed by atoms with Gasteiger partial charge in [-0.1, -0.05) is 27.7 Å². The summed E-state index contributed by atoms with van der Waals surface area (Å²) in [5, 5.41) is 3.89. The second kappa shape index (κ2) is 3.48. The highest BCUT2D eigenvalue weighted by atomic mass is 15.0. The maximum atomic E-state index is 3.89. The van der Waals surface area contributed by atoms with Crippen LogP contribution in [0.2, 0.25) is 0 Å². The van der Waals surface area contributed by atoms with E-state index in [4.69, 9.17) is 0 Å². The van der Waals surface area contributed by atoms with Gasteiger partial charge in [0.1, 0.15) is 0 Å². The van der Waals surface area contributed by atoms with Gasteiger partial charge in [-0.15, -0.1) is 0 Å². The van der Waals surface area contributed by atoms with Crippen molar-refractivity contribution in [1.82, 2.24) is 5.32 Å². The van der Waals surface area contributed by atoms with Crippen molar-refractivity contribution in [2.75, 3.05) is 0 Å². The predicted octanol–water partition coefficient (Wildman–Crippen LogP) is 3.59. The Morgan fingerprint density at radius 1 is 1.33 bits per heavy atom. The molecule has 1 nitrogen and oxygen atoms in total. The second-order valence-electron chi connectivity index (χ2n) is 6.82. The summed E-state index contributed by atoms with van der Waals surface area (Å²) in [6.45, 7) is 12.1. The van der Waals surface area contributed by atoms with Crippen LogP contribution in [0.25, 0.3) is 0 Å². The van der Waals surface area contributed by atoms with Crippen LogP contribution in [0.15, 0.2) is 0 Å². The molecule has 0 radical (unpaired) electrons. The molecular formula is C14H27N. The molecule has 2 saturated carbocycles. The van der Waals surface area contributed by atoms with Gasteiger partial charge in [-0.3, -0.25) is 0 Å². The van der Waals surface area contributed by atoms with Crippen molar-refractivity contribution in [3.63, 3.8) is 0 Å². The third-order valence-corrected chi connectivity index (χ3v) is 5.33. The summed E-state index contributed by atoms with van der Waals surface area (Å²) in [7, 11) is 0. The topological polar surface area (TPSA) is 12.0 Å². The lowest BCUT2D eigenvalue weighted by molar-refractivity contribution is 0.0997. The van der Waals surface area contributed by atoms with E-state index < -0.39 is 0 Å². The minimum atomic E-state index is 0.510.